The Kier molecular flexibility index (Phi) is 4.45. The Labute approximate surface area is 133 Å². The van der Waals surface area contributed by atoms with Crippen LogP contribution in [-0.4, -0.2) is 39.3 Å². The molecule has 1 fully saturated rings. The highest BCUT2D eigenvalue weighted by atomic mass is 35.5. The van der Waals surface area contributed by atoms with E-state index in [-0.39, 0.29) is 5.69 Å². The topological polar surface area (TPSA) is 69.2 Å². The van der Waals surface area contributed by atoms with Gasteiger partial charge in [0.15, 0.2) is 0 Å². The van der Waals surface area contributed by atoms with Crippen molar-refractivity contribution in [2.75, 3.05) is 13.1 Å². The van der Waals surface area contributed by atoms with Crippen LogP contribution in [0, 0.1) is 5.92 Å². The van der Waals surface area contributed by atoms with E-state index in [0.29, 0.717) is 12.5 Å². The fraction of sp³-hybridized carbons (Fsp3) is 0.375. The first-order valence-electron chi connectivity index (χ1n) is 7.34. The lowest BCUT2D eigenvalue weighted by Gasteiger charge is -2.15. The lowest BCUT2D eigenvalue weighted by Crippen LogP contribution is -2.21. The van der Waals surface area contributed by atoms with E-state index in [9.17, 15) is 4.79 Å². The second-order valence-corrected chi connectivity index (χ2v) is 6.23. The van der Waals surface area contributed by atoms with Gasteiger partial charge in [-0.3, -0.25) is 10.00 Å². The molecule has 1 aromatic heterocycles. The van der Waals surface area contributed by atoms with Gasteiger partial charge in [-0.15, -0.1) is 0 Å². The molecule has 5 nitrogen and oxygen atoms in total. The molecule has 1 aliphatic rings. The molecule has 1 unspecified atom stereocenters. The molecule has 2 aromatic rings. The van der Waals surface area contributed by atoms with Gasteiger partial charge in [0, 0.05) is 23.7 Å². The van der Waals surface area contributed by atoms with Crippen molar-refractivity contribution in [3.63, 3.8) is 0 Å². The predicted molar refractivity (Wildman–Crippen MR) is 84.1 cm³/mol. The summed E-state index contributed by atoms with van der Waals surface area (Å²) in [5.74, 6) is -0.356. The second-order valence-electron chi connectivity index (χ2n) is 5.80. The number of H-pyrrole nitrogens is 1. The fourth-order valence-electron chi connectivity index (χ4n) is 3.03. The number of halogens is 1. The second kappa shape index (κ2) is 6.50. The van der Waals surface area contributed by atoms with Gasteiger partial charge in [0.05, 0.1) is 6.20 Å². The zero-order chi connectivity index (χ0) is 15.5. The molecule has 0 saturated carbocycles. The first-order valence-corrected chi connectivity index (χ1v) is 7.72. The lowest BCUT2D eigenvalue weighted by atomic mass is 9.99. The van der Waals surface area contributed by atoms with Crippen LogP contribution in [0.4, 0.5) is 0 Å². The molecule has 22 heavy (non-hydrogen) atoms. The number of aromatic nitrogens is 2. The highest BCUT2D eigenvalue weighted by molar-refractivity contribution is 6.30. The van der Waals surface area contributed by atoms with Crippen LogP contribution in [0.15, 0.2) is 30.5 Å². The molecule has 0 amide bonds. The fourth-order valence-corrected chi connectivity index (χ4v) is 3.16. The normalized spacial score (nSPS) is 18.7. The maximum Gasteiger partial charge on any atom is 0.354 e. The molecule has 1 atom stereocenters. The van der Waals surface area contributed by atoms with E-state index < -0.39 is 5.97 Å². The summed E-state index contributed by atoms with van der Waals surface area (Å²) in [6.45, 7) is 2.60. The summed E-state index contributed by atoms with van der Waals surface area (Å²) in [5.41, 5.74) is 2.24. The summed E-state index contributed by atoms with van der Waals surface area (Å²) >= 11 is 5.91. The van der Waals surface area contributed by atoms with Gasteiger partial charge in [0.25, 0.3) is 0 Å². The molecule has 0 aliphatic carbocycles. The zero-order valence-electron chi connectivity index (χ0n) is 12.1. The van der Waals surface area contributed by atoms with Crippen molar-refractivity contribution in [3.05, 3.63) is 52.3 Å². The van der Waals surface area contributed by atoms with E-state index in [1.54, 1.807) is 6.20 Å². The number of hydrogen-bond donors (Lipinski definition) is 2. The summed E-state index contributed by atoms with van der Waals surface area (Å²) < 4.78 is 0. The van der Waals surface area contributed by atoms with Crippen LogP contribution >= 0.6 is 11.6 Å². The van der Waals surface area contributed by atoms with E-state index in [4.69, 9.17) is 16.7 Å². The van der Waals surface area contributed by atoms with E-state index in [0.717, 1.165) is 36.5 Å². The number of nitrogens with zero attached hydrogens (tertiary/aromatic N) is 2. The molecule has 6 heteroatoms. The number of carboxylic acids is 1. The van der Waals surface area contributed by atoms with Crippen LogP contribution < -0.4 is 0 Å². The molecule has 0 radical (unpaired) electrons. The largest absolute Gasteiger partial charge is 0.477 e. The Hall–Kier alpha value is -1.85. The van der Waals surface area contributed by atoms with Gasteiger partial charge in [-0.1, -0.05) is 23.7 Å². The number of nitrogens with one attached hydrogen (secondary N) is 1. The SMILES string of the molecule is O=C(O)c1[nH]ncc1CN1CCC(Cc2ccc(Cl)cc2)C1. The van der Waals surface area contributed by atoms with Crippen molar-refractivity contribution in [1.82, 2.24) is 15.1 Å². The van der Waals surface area contributed by atoms with Gasteiger partial charge >= 0.3 is 5.97 Å². The third kappa shape index (κ3) is 3.48. The Morgan fingerprint density at radius 1 is 1.41 bits per heavy atom. The van der Waals surface area contributed by atoms with Crippen molar-refractivity contribution in [2.45, 2.75) is 19.4 Å². The maximum absolute atomic E-state index is 11.1. The van der Waals surface area contributed by atoms with Gasteiger partial charge in [-0.05, 0) is 43.0 Å². The number of likely N-dealkylation sites (tertiary alicyclic amines) is 1. The quantitative estimate of drug-likeness (QED) is 0.889. The summed E-state index contributed by atoms with van der Waals surface area (Å²) in [6, 6.07) is 8.00. The average Bonchev–Trinajstić information content (AvgIpc) is 3.11. The standard InChI is InChI=1S/C16H18ClN3O2/c17-14-3-1-11(2-4-14)7-12-5-6-20(9-12)10-13-8-18-19-15(13)16(21)22/h1-4,8,12H,5-7,9-10H2,(H,18,19)(H,21,22). The van der Waals surface area contributed by atoms with E-state index in [2.05, 4.69) is 27.2 Å². The summed E-state index contributed by atoms with van der Waals surface area (Å²) in [5, 5.41) is 16.2. The Bertz CT molecular complexity index is 654. The summed E-state index contributed by atoms with van der Waals surface area (Å²) in [6.07, 6.45) is 3.77. The minimum absolute atomic E-state index is 0.196. The number of carbonyl (C=O) groups is 1. The molecule has 3 rings (SSSR count). The van der Waals surface area contributed by atoms with Gasteiger partial charge in [0.2, 0.25) is 0 Å². The van der Waals surface area contributed by atoms with Crippen LogP contribution in [0.5, 0.6) is 0 Å². The Morgan fingerprint density at radius 3 is 2.91 bits per heavy atom. The van der Waals surface area contributed by atoms with Gasteiger partial charge in [0.1, 0.15) is 5.69 Å². The third-order valence-corrected chi connectivity index (χ3v) is 4.39. The molecule has 2 N–H and O–H groups in total. The van der Waals surface area contributed by atoms with Crippen molar-refractivity contribution >= 4 is 17.6 Å². The van der Waals surface area contributed by atoms with Crippen LogP contribution in [-0.2, 0) is 13.0 Å². The minimum Gasteiger partial charge on any atom is -0.477 e. The molecule has 1 aromatic carbocycles. The first kappa shape index (κ1) is 15.1. The Morgan fingerprint density at radius 2 is 2.18 bits per heavy atom. The highest BCUT2D eigenvalue weighted by Gasteiger charge is 2.24. The minimum atomic E-state index is -0.954. The first-order chi connectivity index (χ1) is 10.6. The lowest BCUT2D eigenvalue weighted by molar-refractivity contribution is 0.0688. The molecule has 0 spiro atoms. The van der Waals surface area contributed by atoms with Crippen LogP contribution in [0.25, 0.3) is 0 Å². The molecule has 0 bridgehead atoms. The number of carboxylic acid groups (broad SMARTS) is 1. The molecule has 1 aliphatic heterocycles. The molecule has 1 saturated heterocycles. The van der Waals surface area contributed by atoms with Crippen LogP contribution in [0.1, 0.15) is 28.0 Å². The van der Waals surface area contributed by atoms with Crippen molar-refractivity contribution in [3.8, 4) is 0 Å². The van der Waals surface area contributed by atoms with E-state index >= 15 is 0 Å². The van der Waals surface area contributed by atoms with Crippen molar-refractivity contribution < 1.29 is 9.90 Å². The third-order valence-electron chi connectivity index (χ3n) is 4.13. The average molecular weight is 320 g/mol. The van der Waals surface area contributed by atoms with Crippen LogP contribution in [0.2, 0.25) is 5.02 Å². The number of rotatable bonds is 5. The number of aromatic amines is 1. The summed E-state index contributed by atoms with van der Waals surface area (Å²) in [7, 11) is 0. The van der Waals surface area contributed by atoms with E-state index in [1.807, 2.05) is 12.1 Å². The van der Waals surface area contributed by atoms with E-state index in [1.165, 1.54) is 5.56 Å². The predicted octanol–water partition coefficient (Wildman–Crippen LogP) is 2.83. The van der Waals surface area contributed by atoms with Crippen molar-refractivity contribution in [2.24, 2.45) is 5.92 Å². The number of aromatic carboxylic acids is 1. The van der Waals surface area contributed by atoms with Crippen LogP contribution in [0.3, 0.4) is 0 Å². The molecule has 2 heterocycles. The zero-order valence-corrected chi connectivity index (χ0v) is 12.9. The van der Waals surface area contributed by atoms with Gasteiger partial charge in [-0.25, -0.2) is 4.79 Å². The maximum atomic E-state index is 11.1. The molecular formula is C16H18ClN3O2. The molecule has 116 valence electrons. The highest BCUT2D eigenvalue weighted by Crippen LogP contribution is 2.23. The monoisotopic (exact) mass is 319 g/mol. The smallest absolute Gasteiger partial charge is 0.354 e. The summed E-state index contributed by atoms with van der Waals surface area (Å²) in [4.78, 5) is 13.4. The van der Waals surface area contributed by atoms with Gasteiger partial charge in [-0.2, -0.15) is 5.10 Å². The van der Waals surface area contributed by atoms with Gasteiger partial charge < -0.3 is 5.11 Å². The number of hydrogen-bond acceptors (Lipinski definition) is 3. The van der Waals surface area contributed by atoms with Crippen molar-refractivity contribution in [1.29, 1.82) is 0 Å². The number of benzene rings is 1. The molecular weight excluding hydrogens is 302 g/mol. The Balaban J connectivity index is 1.57.